The third-order valence-electron chi connectivity index (χ3n) is 4.39. The second-order valence-corrected chi connectivity index (χ2v) is 8.46. The van der Waals surface area contributed by atoms with Gasteiger partial charge in [-0.3, -0.25) is 14.3 Å². The van der Waals surface area contributed by atoms with Crippen LogP contribution in [0.25, 0.3) is 6.08 Å². The number of nitrogens with one attached hydrogen (secondary N) is 2. The highest BCUT2D eigenvalue weighted by Crippen LogP contribution is 2.33. The minimum atomic E-state index is -3.67. The predicted octanol–water partition coefficient (Wildman–Crippen LogP) is 3.10. The topological polar surface area (TPSA) is 95.6 Å². The van der Waals surface area contributed by atoms with E-state index in [4.69, 9.17) is 0 Å². The van der Waals surface area contributed by atoms with Crippen molar-refractivity contribution in [1.82, 2.24) is 4.90 Å². The summed E-state index contributed by atoms with van der Waals surface area (Å²) in [5.74, 6) is -1.36. The van der Waals surface area contributed by atoms with Gasteiger partial charge in [-0.15, -0.1) is 0 Å². The summed E-state index contributed by atoms with van der Waals surface area (Å²) < 4.78 is 38.6. The van der Waals surface area contributed by atoms with Crippen molar-refractivity contribution < 1.29 is 22.4 Å². The summed E-state index contributed by atoms with van der Waals surface area (Å²) in [4.78, 5) is 26.1. The number of anilines is 2. The molecule has 0 saturated heterocycles. The van der Waals surface area contributed by atoms with E-state index in [1.807, 2.05) is 30.3 Å². The minimum Gasteiger partial charge on any atom is -0.326 e. The molecule has 1 atom stereocenters. The molecule has 1 heterocycles. The SMILES string of the molecule is CC(=O)N1C=Cc2ccccc2[C@@H]1CC(=O)Nc1ccc(F)c(NS(C)(=O)=O)c1. The number of benzene rings is 2. The molecule has 0 aliphatic carbocycles. The zero-order valence-corrected chi connectivity index (χ0v) is 16.7. The summed E-state index contributed by atoms with van der Waals surface area (Å²) in [6.45, 7) is 1.42. The molecule has 0 unspecified atom stereocenters. The standard InChI is InChI=1S/C20H20FN3O4S/c1-13(25)24-10-9-14-5-3-4-6-16(14)19(24)12-20(26)22-15-7-8-17(21)18(11-15)23-29(2,27)28/h3-11,19,23H,12H2,1-2H3,(H,22,26)/t19-/m0/s1. The first-order valence-corrected chi connectivity index (χ1v) is 10.7. The quantitative estimate of drug-likeness (QED) is 0.781. The Hall–Kier alpha value is -3.20. The highest BCUT2D eigenvalue weighted by molar-refractivity contribution is 7.92. The number of carbonyl (C=O) groups excluding carboxylic acids is 2. The third-order valence-corrected chi connectivity index (χ3v) is 4.98. The molecule has 1 aliphatic heterocycles. The predicted molar refractivity (Wildman–Crippen MR) is 109 cm³/mol. The van der Waals surface area contributed by atoms with E-state index in [0.29, 0.717) is 0 Å². The molecule has 1 aliphatic rings. The Balaban J connectivity index is 1.80. The Labute approximate surface area is 168 Å². The molecule has 2 N–H and O–H groups in total. The molecule has 2 aromatic rings. The van der Waals surface area contributed by atoms with Gasteiger partial charge in [-0.1, -0.05) is 24.3 Å². The first-order chi connectivity index (χ1) is 13.6. The number of rotatable bonds is 5. The van der Waals surface area contributed by atoms with Gasteiger partial charge < -0.3 is 10.2 Å². The van der Waals surface area contributed by atoms with Crippen molar-refractivity contribution in [2.24, 2.45) is 0 Å². The number of hydrogen-bond acceptors (Lipinski definition) is 4. The van der Waals surface area contributed by atoms with Crippen molar-refractivity contribution in [2.75, 3.05) is 16.3 Å². The smallest absolute Gasteiger partial charge is 0.229 e. The van der Waals surface area contributed by atoms with Crippen LogP contribution in [-0.2, 0) is 19.6 Å². The van der Waals surface area contributed by atoms with Crippen LogP contribution in [-0.4, -0.2) is 31.4 Å². The minimum absolute atomic E-state index is 0.0207. The highest BCUT2D eigenvalue weighted by Gasteiger charge is 2.28. The molecule has 29 heavy (non-hydrogen) atoms. The van der Waals surface area contributed by atoms with Crippen LogP contribution in [0.3, 0.4) is 0 Å². The molecule has 2 amide bonds. The van der Waals surface area contributed by atoms with E-state index >= 15 is 0 Å². The number of amides is 2. The first-order valence-electron chi connectivity index (χ1n) is 8.77. The van der Waals surface area contributed by atoms with Crippen LogP contribution < -0.4 is 10.0 Å². The maximum absolute atomic E-state index is 13.8. The second-order valence-electron chi connectivity index (χ2n) is 6.71. The Morgan fingerprint density at radius 2 is 1.90 bits per heavy atom. The zero-order valence-electron chi connectivity index (χ0n) is 15.8. The Morgan fingerprint density at radius 1 is 1.17 bits per heavy atom. The molecule has 152 valence electrons. The molecule has 2 aromatic carbocycles. The van der Waals surface area contributed by atoms with Crippen LogP contribution in [0.2, 0.25) is 0 Å². The van der Waals surface area contributed by atoms with Crippen molar-refractivity contribution >= 4 is 39.3 Å². The average Bonchev–Trinajstić information content (AvgIpc) is 2.63. The molecular formula is C20H20FN3O4S. The fraction of sp³-hybridized carbons (Fsp3) is 0.200. The number of nitrogens with zero attached hydrogens (tertiary/aromatic N) is 1. The van der Waals surface area contributed by atoms with E-state index < -0.39 is 27.8 Å². The molecule has 0 bridgehead atoms. The summed E-state index contributed by atoms with van der Waals surface area (Å²) >= 11 is 0. The number of halogens is 1. The molecule has 9 heteroatoms. The summed E-state index contributed by atoms with van der Waals surface area (Å²) in [5, 5.41) is 2.63. The van der Waals surface area contributed by atoms with Gasteiger partial charge in [-0.25, -0.2) is 12.8 Å². The lowest BCUT2D eigenvalue weighted by atomic mass is 9.93. The molecule has 0 fully saturated rings. The Morgan fingerprint density at radius 3 is 2.59 bits per heavy atom. The number of fused-ring (bicyclic) bond motifs is 1. The van der Waals surface area contributed by atoms with Crippen LogP contribution in [0.15, 0.2) is 48.7 Å². The van der Waals surface area contributed by atoms with E-state index in [9.17, 15) is 22.4 Å². The van der Waals surface area contributed by atoms with E-state index in [1.165, 1.54) is 24.0 Å². The number of sulfonamides is 1. The Kier molecular flexibility index (Phi) is 5.69. The molecular weight excluding hydrogens is 397 g/mol. The second kappa shape index (κ2) is 8.04. The van der Waals surface area contributed by atoms with Gasteiger partial charge >= 0.3 is 0 Å². The van der Waals surface area contributed by atoms with Crippen molar-refractivity contribution in [3.8, 4) is 0 Å². The zero-order chi connectivity index (χ0) is 21.2. The summed E-state index contributed by atoms with van der Waals surface area (Å²) in [6, 6.07) is 10.6. The van der Waals surface area contributed by atoms with Gasteiger partial charge in [-0.2, -0.15) is 0 Å². The van der Waals surface area contributed by atoms with E-state index in [2.05, 4.69) is 10.0 Å². The fourth-order valence-corrected chi connectivity index (χ4v) is 3.74. The molecule has 3 rings (SSSR count). The van der Waals surface area contributed by atoms with Gasteiger partial charge in [0.05, 0.1) is 24.4 Å². The van der Waals surface area contributed by atoms with Crippen LogP contribution >= 0.6 is 0 Å². The maximum atomic E-state index is 13.8. The van der Waals surface area contributed by atoms with Crippen LogP contribution in [0.5, 0.6) is 0 Å². The van der Waals surface area contributed by atoms with Crippen LogP contribution in [0, 0.1) is 5.82 Å². The van der Waals surface area contributed by atoms with Crippen molar-refractivity contribution in [1.29, 1.82) is 0 Å². The third kappa shape index (κ3) is 5.00. The number of hydrogen-bond donors (Lipinski definition) is 2. The van der Waals surface area contributed by atoms with Crippen LogP contribution in [0.1, 0.15) is 30.5 Å². The molecule has 0 aromatic heterocycles. The van der Waals surface area contributed by atoms with Gasteiger partial charge in [0.2, 0.25) is 21.8 Å². The maximum Gasteiger partial charge on any atom is 0.229 e. The van der Waals surface area contributed by atoms with E-state index in [-0.39, 0.29) is 23.7 Å². The Bertz CT molecular complexity index is 1100. The average molecular weight is 417 g/mol. The largest absolute Gasteiger partial charge is 0.326 e. The highest BCUT2D eigenvalue weighted by atomic mass is 32.2. The normalized spacial score (nSPS) is 15.6. The van der Waals surface area contributed by atoms with Crippen molar-refractivity contribution in [3.63, 3.8) is 0 Å². The van der Waals surface area contributed by atoms with Gasteiger partial charge in [0.25, 0.3) is 0 Å². The van der Waals surface area contributed by atoms with Gasteiger partial charge in [0, 0.05) is 18.8 Å². The lowest BCUT2D eigenvalue weighted by molar-refractivity contribution is -0.129. The lowest BCUT2D eigenvalue weighted by Crippen LogP contribution is -2.33. The van der Waals surface area contributed by atoms with Crippen LogP contribution in [0.4, 0.5) is 15.8 Å². The first kappa shape index (κ1) is 20.5. The van der Waals surface area contributed by atoms with Gasteiger partial charge in [0.1, 0.15) is 5.82 Å². The molecule has 7 nitrogen and oxygen atoms in total. The summed E-state index contributed by atoms with van der Waals surface area (Å²) in [7, 11) is -3.67. The number of carbonyl (C=O) groups is 2. The summed E-state index contributed by atoms with van der Waals surface area (Å²) in [5.41, 5.74) is 1.74. The van der Waals surface area contributed by atoms with Crippen molar-refractivity contribution in [2.45, 2.75) is 19.4 Å². The van der Waals surface area contributed by atoms with Gasteiger partial charge in [-0.05, 0) is 35.4 Å². The lowest BCUT2D eigenvalue weighted by Gasteiger charge is -2.32. The molecule has 0 radical (unpaired) electrons. The van der Waals surface area contributed by atoms with Gasteiger partial charge in [0.15, 0.2) is 0 Å². The van der Waals surface area contributed by atoms with Crippen molar-refractivity contribution in [3.05, 3.63) is 65.6 Å². The molecule has 0 spiro atoms. The van der Waals surface area contributed by atoms with E-state index in [0.717, 1.165) is 23.4 Å². The molecule has 0 saturated carbocycles. The monoisotopic (exact) mass is 417 g/mol. The van der Waals surface area contributed by atoms with E-state index in [1.54, 1.807) is 6.20 Å². The fourth-order valence-electron chi connectivity index (χ4n) is 3.18. The summed E-state index contributed by atoms with van der Waals surface area (Å²) in [6.07, 6.45) is 4.35.